The van der Waals surface area contributed by atoms with Crippen LogP contribution in [0, 0.1) is 6.92 Å². The topological polar surface area (TPSA) is 87.0 Å². The highest BCUT2D eigenvalue weighted by Gasteiger charge is 2.44. The smallest absolute Gasteiger partial charge is 0.331 e. The van der Waals surface area contributed by atoms with E-state index in [-0.39, 0.29) is 5.41 Å². The summed E-state index contributed by atoms with van der Waals surface area (Å²) >= 11 is 0. The first kappa shape index (κ1) is 17.7. The van der Waals surface area contributed by atoms with Crippen molar-refractivity contribution in [2.24, 2.45) is 0 Å². The van der Waals surface area contributed by atoms with Gasteiger partial charge in [0.25, 0.3) is 0 Å². The van der Waals surface area contributed by atoms with Crippen LogP contribution in [0.1, 0.15) is 50.6 Å². The molecule has 3 heterocycles. The summed E-state index contributed by atoms with van der Waals surface area (Å²) < 4.78 is 1.63. The first-order valence-electron chi connectivity index (χ1n) is 8.73. The van der Waals surface area contributed by atoms with E-state index in [0.29, 0.717) is 12.8 Å². The van der Waals surface area contributed by atoms with E-state index < -0.39 is 11.5 Å². The summed E-state index contributed by atoms with van der Waals surface area (Å²) in [5, 5.41) is 21.6. The fraction of sp³-hybridized carbons (Fsp3) is 0.611. The first-order chi connectivity index (χ1) is 11.7. The first-order valence-corrected chi connectivity index (χ1v) is 8.73. The van der Waals surface area contributed by atoms with Crippen LogP contribution in [0.25, 0.3) is 0 Å². The van der Waals surface area contributed by atoms with E-state index >= 15 is 0 Å². The van der Waals surface area contributed by atoms with E-state index in [1.54, 1.807) is 10.9 Å². The Morgan fingerprint density at radius 2 is 2.04 bits per heavy atom. The lowest BCUT2D eigenvalue weighted by atomic mass is 9.87. The van der Waals surface area contributed by atoms with Crippen LogP contribution >= 0.6 is 0 Å². The van der Waals surface area contributed by atoms with Crippen LogP contribution in [0.4, 0.5) is 0 Å². The molecule has 0 amide bonds. The number of carbonyl (C=O) groups is 1. The molecule has 2 N–H and O–H groups in total. The van der Waals surface area contributed by atoms with Crippen molar-refractivity contribution in [3.8, 4) is 0 Å². The zero-order chi connectivity index (χ0) is 18.2. The van der Waals surface area contributed by atoms with E-state index in [0.717, 1.165) is 36.6 Å². The van der Waals surface area contributed by atoms with Crippen molar-refractivity contribution in [1.82, 2.24) is 24.9 Å². The number of H-pyrrole nitrogens is 1. The molecule has 7 heteroatoms. The Balaban J connectivity index is 1.68. The quantitative estimate of drug-likeness (QED) is 0.888. The highest BCUT2D eigenvalue weighted by molar-refractivity contribution is 5.76. The molecular weight excluding hydrogens is 318 g/mol. The standard InChI is InChI=1S/C18H27N5O2/c1-13-10-19-23(11-13)18(16(24)25)5-7-22(8-6-18)12-14-9-15(21-20-14)17(2,3)4/h9-11H,5-8,12H2,1-4H3,(H,20,21)(H,24,25). The van der Waals surface area contributed by atoms with Gasteiger partial charge in [-0.25, -0.2) is 4.79 Å². The highest BCUT2D eigenvalue weighted by atomic mass is 16.4. The Kier molecular flexibility index (Phi) is 4.45. The number of aliphatic carboxylic acids is 1. The van der Waals surface area contributed by atoms with Gasteiger partial charge in [0.2, 0.25) is 0 Å². The number of carboxylic acids is 1. The maximum Gasteiger partial charge on any atom is 0.331 e. The summed E-state index contributed by atoms with van der Waals surface area (Å²) in [6.45, 7) is 10.5. The third-order valence-corrected chi connectivity index (χ3v) is 5.02. The van der Waals surface area contributed by atoms with Crippen molar-refractivity contribution in [3.05, 3.63) is 35.4 Å². The van der Waals surface area contributed by atoms with Gasteiger partial charge in [-0.1, -0.05) is 20.8 Å². The van der Waals surface area contributed by atoms with Crippen LogP contribution in [0.5, 0.6) is 0 Å². The average Bonchev–Trinajstić information content (AvgIpc) is 3.17. The van der Waals surface area contributed by atoms with Gasteiger partial charge < -0.3 is 5.11 Å². The molecule has 1 aliphatic heterocycles. The van der Waals surface area contributed by atoms with Crippen LogP contribution in [-0.2, 0) is 22.3 Å². The summed E-state index contributed by atoms with van der Waals surface area (Å²) in [5.74, 6) is -0.799. The maximum atomic E-state index is 12.0. The summed E-state index contributed by atoms with van der Waals surface area (Å²) in [4.78, 5) is 14.2. The van der Waals surface area contributed by atoms with Crippen molar-refractivity contribution in [2.75, 3.05) is 13.1 Å². The van der Waals surface area contributed by atoms with Crippen molar-refractivity contribution in [2.45, 2.75) is 58.0 Å². The minimum atomic E-state index is -0.935. The fourth-order valence-electron chi connectivity index (χ4n) is 3.34. The van der Waals surface area contributed by atoms with E-state index in [9.17, 15) is 9.90 Å². The van der Waals surface area contributed by atoms with Crippen LogP contribution in [-0.4, -0.2) is 49.0 Å². The third-order valence-electron chi connectivity index (χ3n) is 5.02. The Morgan fingerprint density at radius 3 is 2.52 bits per heavy atom. The molecule has 2 aromatic rings. The molecule has 0 aliphatic carbocycles. The van der Waals surface area contributed by atoms with Gasteiger partial charge >= 0.3 is 5.97 Å². The van der Waals surface area contributed by atoms with Gasteiger partial charge in [0.15, 0.2) is 5.54 Å². The minimum absolute atomic E-state index is 0.0209. The lowest BCUT2D eigenvalue weighted by Gasteiger charge is -2.38. The fourth-order valence-corrected chi connectivity index (χ4v) is 3.34. The predicted molar refractivity (Wildman–Crippen MR) is 94.4 cm³/mol. The zero-order valence-corrected chi connectivity index (χ0v) is 15.4. The number of hydrogen-bond donors (Lipinski definition) is 2. The van der Waals surface area contributed by atoms with Gasteiger partial charge in [-0.2, -0.15) is 10.2 Å². The van der Waals surface area contributed by atoms with E-state index in [2.05, 4.69) is 47.0 Å². The molecule has 3 rings (SSSR count). The Morgan fingerprint density at radius 1 is 1.36 bits per heavy atom. The van der Waals surface area contributed by atoms with Gasteiger partial charge in [-0.3, -0.25) is 14.7 Å². The molecular formula is C18H27N5O2. The van der Waals surface area contributed by atoms with Crippen LogP contribution in [0.2, 0.25) is 0 Å². The molecule has 0 spiro atoms. The second kappa shape index (κ2) is 6.29. The Bertz CT molecular complexity index is 748. The number of carboxylic acid groups (broad SMARTS) is 1. The molecule has 0 atom stereocenters. The van der Waals surface area contributed by atoms with Crippen LogP contribution in [0.15, 0.2) is 18.5 Å². The molecule has 0 bridgehead atoms. The lowest BCUT2D eigenvalue weighted by molar-refractivity contribution is -0.151. The molecule has 1 aliphatic rings. The Hall–Kier alpha value is -2.15. The number of aryl methyl sites for hydroxylation is 1. The molecule has 0 unspecified atom stereocenters. The lowest BCUT2D eigenvalue weighted by Crippen LogP contribution is -2.51. The number of hydrogen-bond acceptors (Lipinski definition) is 4. The zero-order valence-electron chi connectivity index (χ0n) is 15.4. The molecule has 2 aromatic heterocycles. The van der Waals surface area contributed by atoms with E-state index in [1.165, 1.54) is 0 Å². The molecule has 1 fully saturated rings. The molecule has 0 saturated carbocycles. The van der Waals surface area contributed by atoms with E-state index in [1.807, 2.05) is 13.1 Å². The highest BCUT2D eigenvalue weighted by Crippen LogP contribution is 2.31. The van der Waals surface area contributed by atoms with Gasteiger partial charge in [0, 0.05) is 36.9 Å². The largest absolute Gasteiger partial charge is 0.479 e. The van der Waals surface area contributed by atoms with Gasteiger partial charge in [0.1, 0.15) is 0 Å². The average molecular weight is 345 g/mol. The number of likely N-dealkylation sites (tertiary alicyclic amines) is 1. The number of rotatable bonds is 4. The summed E-state index contributed by atoms with van der Waals surface area (Å²) in [5.41, 5.74) is 2.19. The van der Waals surface area contributed by atoms with Crippen molar-refractivity contribution < 1.29 is 9.90 Å². The maximum absolute atomic E-state index is 12.0. The monoisotopic (exact) mass is 345 g/mol. The summed E-state index contributed by atoms with van der Waals surface area (Å²) in [7, 11) is 0. The molecule has 7 nitrogen and oxygen atoms in total. The predicted octanol–water partition coefficient (Wildman–Crippen LogP) is 2.29. The molecule has 1 saturated heterocycles. The van der Waals surface area contributed by atoms with Crippen molar-refractivity contribution in [3.63, 3.8) is 0 Å². The number of piperidine rings is 1. The Labute approximate surface area is 148 Å². The molecule has 136 valence electrons. The molecule has 25 heavy (non-hydrogen) atoms. The van der Waals surface area contributed by atoms with Crippen LogP contribution < -0.4 is 0 Å². The van der Waals surface area contributed by atoms with Crippen molar-refractivity contribution in [1.29, 1.82) is 0 Å². The number of nitrogens with one attached hydrogen (secondary N) is 1. The second-order valence-electron chi connectivity index (χ2n) is 8.10. The van der Waals surface area contributed by atoms with Crippen LogP contribution in [0.3, 0.4) is 0 Å². The normalized spacial score (nSPS) is 18.4. The second-order valence-corrected chi connectivity index (χ2v) is 8.10. The number of nitrogens with zero attached hydrogens (tertiary/aromatic N) is 4. The SMILES string of the molecule is Cc1cnn(C2(C(=O)O)CCN(Cc3cc(C(C)(C)C)n[nH]3)CC2)c1. The van der Waals surface area contributed by atoms with Gasteiger partial charge in [-0.15, -0.1) is 0 Å². The third kappa shape index (κ3) is 3.46. The van der Waals surface area contributed by atoms with Gasteiger partial charge in [-0.05, 0) is 31.4 Å². The number of aromatic amines is 1. The summed E-state index contributed by atoms with van der Waals surface area (Å²) in [6, 6.07) is 2.11. The molecule has 0 aromatic carbocycles. The number of aromatic nitrogens is 4. The molecule has 0 radical (unpaired) electrons. The van der Waals surface area contributed by atoms with Crippen molar-refractivity contribution >= 4 is 5.97 Å². The summed E-state index contributed by atoms with van der Waals surface area (Å²) in [6.07, 6.45) is 4.64. The minimum Gasteiger partial charge on any atom is -0.479 e. The van der Waals surface area contributed by atoms with Gasteiger partial charge in [0.05, 0.1) is 11.9 Å². The van der Waals surface area contributed by atoms with E-state index in [4.69, 9.17) is 0 Å².